The molecule has 6 aromatic carbocycles. The maximum atomic E-state index is 14.4. The number of hydrogen-bond donors (Lipinski definition) is 0. The van der Waals surface area contributed by atoms with E-state index < -0.39 is 106 Å². The highest BCUT2D eigenvalue weighted by Crippen LogP contribution is 2.35. The van der Waals surface area contributed by atoms with Crippen molar-refractivity contribution in [1.29, 1.82) is 0 Å². The lowest BCUT2D eigenvalue weighted by atomic mass is 10.1. The summed E-state index contributed by atoms with van der Waals surface area (Å²) >= 11 is 0. The Bertz CT molecular complexity index is 5710. The van der Waals surface area contributed by atoms with Gasteiger partial charge in [-0.05, 0) is 92.1 Å². The summed E-state index contributed by atoms with van der Waals surface area (Å²) in [7, 11) is 4.00. The van der Waals surface area contributed by atoms with Crippen LogP contribution in [0.1, 0.15) is 52.6 Å². The maximum Gasteiger partial charge on any atom is 0.261 e. The number of ether oxygens (including phenoxy) is 6. The van der Waals surface area contributed by atoms with Crippen molar-refractivity contribution in [2.24, 2.45) is 0 Å². The Labute approximate surface area is 521 Å². The molecule has 22 heterocycles. The van der Waals surface area contributed by atoms with E-state index in [1.807, 2.05) is 0 Å². The Balaban J connectivity index is 0.998. The number of rotatable bonds is 15. The van der Waals surface area contributed by atoms with Gasteiger partial charge in [0.1, 0.15) is 34.5 Å². The van der Waals surface area contributed by atoms with Crippen LogP contribution < -0.4 is 95.1 Å². The Morgan fingerprint density at radius 2 is 0.419 bits per heavy atom. The van der Waals surface area contributed by atoms with Gasteiger partial charge in [0.05, 0.1) is 145 Å². The lowest BCUT2D eigenvalue weighted by molar-refractivity contribution is 0.318. The van der Waals surface area contributed by atoms with Crippen LogP contribution >= 0.6 is 0 Å². The molecule has 0 saturated heterocycles. The first-order valence-electron chi connectivity index (χ1n) is 29.3. The van der Waals surface area contributed by atoms with E-state index in [-0.39, 0.29) is 152 Å². The predicted molar refractivity (Wildman–Crippen MR) is 349 cm³/mol. The van der Waals surface area contributed by atoms with E-state index in [0.717, 1.165) is 27.4 Å². The molecule has 0 N–H and O–H groups in total. The molecule has 24 heteroatoms. The second kappa shape index (κ2) is 23.2. The van der Waals surface area contributed by atoms with Gasteiger partial charge in [0.25, 0.3) is 66.7 Å². The lowest BCUT2D eigenvalue weighted by Gasteiger charge is -2.16. The minimum absolute atomic E-state index is 0.0670. The van der Waals surface area contributed by atoms with Crippen LogP contribution in [0.5, 0.6) is 34.5 Å². The van der Waals surface area contributed by atoms with Crippen LogP contribution in [-0.2, 0) is 39.3 Å². The van der Waals surface area contributed by atoms with Crippen LogP contribution in [0.3, 0.4) is 0 Å². The van der Waals surface area contributed by atoms with Crippen LogP contribution in [0.25, 0.3) is 64.6 Å². The largest absolute Gasteiger partial charge is 0.496 e. The van der Waals surface area contributed by atoms with Crippen LogP contribution in [0.15, 0.2) is 168 Å². The summed E-state index contributed by atoms with van der Waals surface area (Å²) in [4.78, 5) is 173. The minimum Gasteiger partial charge on any atom is -0.496 e. The van der Waals surface area contributed by atoms with Gasteiger partial charge in [0.15, 0.2) is 0 Å². The highest BCUT2D eigenvalue weighted by molar-refractivity contribution is 6.00. The van der Waals surface area contributed by atoms with Crippen molar-refractivity contribution in [2.75, 3.05) is 41.2 Å². The average Bonchev–Trinajstić information content (AvgIpc) is 1.60. The summed E-state index contributed by atoms with van der Waals surface area (Å²) in [6.45, 7) is 9.03. The third-order valence-electron chi connectivity index (χ3n) is 17.3. The zero-order chi connectivity index (χ0) is 65.6. The summed E-state index contributed by atoms with van der Waals surface area (Å²) in [5.41, 5.74) is -8.08. The fraction of sp³-hybridized carbons (Fsp3) is 0.217. The highest BCUT2D eigenvalue weighted by Gasteiger charge is 2.28. The SMILES string of the molecule is C=CCCOc1cc2c(OC)cc1Cn1c(=O)c3cc4c(=O)n(c(=O)c4cc3c1=O)Cc1cc(OCCC=C)c(cc1OC)Cn1c(=O)c3cc4c(=O)n(c(=O)c4cc3c1=O)Cc1cc(OC)c(cc1OCCC=C)Cn1c(=O)c3cc4c(=O)n(c(=O)c4cc3c1=O)C2. The first-order valence-corrected chi connectivity index (χ1v) is 29.3. The van der Waals surface area contributed by atoms with Gasteiger partial charge >= 0.3 is 0 Å². The van der Waals surface area contributed by atoms with Gasteiger partial charge in [-0.25, -0.2) is 0 Å². The smallest absolute Gasteiger partial charge is 0.261 e. The molecule has 16 aliphatic rings. The molecular weight excluding hydrogens is 1200 g/mol. The molecule has 28 rings (SSSR count). The van der Waals surface area contributed by atoms with Gasteiger partial charge in [-0.3, -0.25) is 84.9 Å². The van der Waals surface area contributed by atoms with Gasteiger partial charge in [-0.15, -0.1) is 19.7 Å². The summed E-state index contributed by atoms with van der Waals surface area (Å²) in [6.07, 6.45) is 5.88. The molecule has 24 bridgehead atoms. The van der Waals surface area contributed by atoms with Crippen LogP contribution in [0.4, 0.5) is 0 Å². The monoisotopic (exact) mass is 1250 g/mol. The molecule has 6 aromatic heterocycles. The number of nitrogens with zero attached hydrogens (tertiary/aromatic N) is 6. The number of methoxy groups -OCH3 is 3. The quantitative estimate of drug-likeness (QED) is 0.104. The molecule has 0 fully saturated rings. The standard InChI is InChI=1S/C69H54N6O18/c1-7-10-13-91-55-19-34-28-70-58(76)40-22-42-43(23-41(40)59(70)77)61(79)71(60(42)78)29-35-20-56(92-14-11-8-2)38(17-53(35)89-5)32-74-66(84)48-26-50-51(27-49(48)67(74)85)69(87)75(68(50)86)33-39-18-54(90-6)36(21-57(39)93-15-12-9-3)30-72-62(80)44-24-46-47(25-45(44)63(72)81)65(83)73(64(46)82)31-37(55)16-52(34)88-4/h7-9,16-27H,1-3,10-15,28-33H2,4-6H3. The fourth-order valence-corrected chi connectivity index (χ4v) is 12.5. The van der Waals surface area contributed by atoms with Crippen molar-refractivity contribution in [3.8, 4) is 34.5 Å². The topological polar surface area (TPSA) is 290 Å². The van der Waals surface area contributed by atoms with E-state index >= 15 is 0 Å². The van der Waals surface area contributed by atoms with Crippen molar-refractivity contribution in [3.63, 3.8) is 0 Å². The molecule has 0 atom stereocenters. The van der Waals surface area contributed by atoms with Gasteiger partial charge in [0.2, 0.25) is 0 Å². The van der Waals surface area contributed by atoms with Crippen LogP contribution in [-0.4, -0.2) is 68.6 Å². The van der Waals surface area contributed by atoms with E-state index in [1.54, 1.807) is 18.2 Å². The Kier molecular flexibility index (Phi) is 15.0. The van der Waals surface area contributed by atoms with E-state index in [4.69, 9.17) is 28.4 Å². The summed E-state index contributed by atoms with van der Waals surface area (Å²) in [6, 6.07) is 16.1. The second-order valence-electron chi connectivity index (χ2n) is 22.6. The van der Waals surface area contributed by atoms with Crippen molar-refractivity contribution in [2.45, 2.75) is 58.5 Å². The molecular formula is C69H54N6O18. The molecule has 0 aliphatic carbocycles. The van der Waals surface area contributed by atoms with E-state index in [0.29, 0.717) is 19.3 Å². The molecule has 468 valence electrons. The van der Waals surface area contributed by atoms with Crippen molar-refractivity contribution < 1.29 is 28.4 Å². The molecule has 12 aromatic rings. The van der Waals surface area contributed by atoms with E-state index in [2.05, 4.69) is 19.7 Å². The molecule has 24 nitrogen and oxygen atoms in total. The first kappa shape index (κ1) is 60.1. The highest BCUT2D eigenvalue weighted by atomic mass is 16.5. The Hall–Kier alpha value is -11.8. The first-order chi connectivity index (χ1) is 44.8. The van der Waals surface area contributed by atoms with Crippen LogP contribution in [0.2, 0.25) is 0 Å². The van der Waals surface area contributed by atoms with Gasteiger partial charge in [-0.2, -0.15) is 0 Å². The van der Waals surface area contributed by atoms with Gasteiger partial charge in [0, 0.05) is 33.4 Å². The molecule has 0 amide bonds. The summed E-state index contributed by atoms with van der Waals surface area (Å²) in [5.74, 6) is 0.745. The zero-order valence-corrected chi connectivity index (χ0v) is 50.3. The Morgan fingerprint density at radius 1 is 0.269 bits per heavy atom. The summed E-state index contributed by atoms with van der Waals surface area (Å²) in [5, 5.41) is -1.91. The fourth-order valence-electron chi connectivity index (χ4n) is 12.5. The van der Waals surface area contributed by atoms with Gasteiger partial charge < -0.3 is 28.4 Å². The molecule has 93 heavy (non-hydrogen) atoms. The van der Waals surface area contributed by atoms with Crippen molar-refractivity contribution in [1.82, 2.24) is 27.4 Å². The molecule has 0 radical (unpaired) electrons. The van der Waals surface area contributed by atoms with E-state index in [9.17, 15) is 57.5 Å². The number of hydrogen-bond acceptors (Lipinski definition) is 18. The third kappa shape index (κ3) is 9.66. The maximum absolute atomic E-state index is 14.4. The normalized spacial score (nSPS) is 12.7. The summed E-state index contributed by atoms with van der Waals surface area (Å²) < 4.78 is 41.4. The minimum atomic E-state index is -0.801. The third-order valence-corrected chi connectivity index (χ3v) is 17.3. The zero-order valence-electron chi connectivity index (χ0n) is 50.3. The van der Waals surface area contributed by atoms with Crippen LogP contribution in [0, 0.1) is 0 Å². The predicted octanol–water partition coefficient (Wildman–Crippen LogP) is 3.86. The number of benzene rings is 6. The van der Waals surface area contributed by atoms with Gasteiger partial charge in [-0.1, -0.05) is 18.2 Å². The molecule has 0 saturated carbocycles. The van der Waals surface area contributed by atoms with E-state index in [1.165, 1.54) is 94.1 Å². The lowest BCUT2D eigenvalue weighted by Crippen LogP contribution is -2.27. The second-order valence-corrected chi connectivity index (χ2v) is 22.6. The van der Waals surface area contributed by atoms with Crippen molar-refractivity contribution in [3.05, 3.63) is 268 Å². The van der Waals surface area contributed by atoms with Crippen molar-refractivity contribution >= 4 is 64.6 Å². The average molecular weight is 1260 g/mol. The molecule has 0 unspecified atom stereocenters. The Morgan fingerprint density at radius 3 is 0.570 bits per heavy atom. The molecule has 0 spiro atoms. The molecule has 16 aliphatic heterocycles. The number of aromatic nitrogens is 6.